The van der Waals surface area contributed by atoms with Gasteiger partial charge in [0.05, 0.1) is 6.10 Å². The molecule has 2 N–H and O–H groups in total. The summed E-state index contributed by atoms with van der Waals surface area (Å²) in [5.74, 6) is 0.894. The number of benzene rings is 1. The van der Waals surface area contributed by atoms with Crippen LogP contribution in [-0.4, -0.2) is 6.10 Å². The van der Waals surface area contributed by atoms with Crippen molar-refractivity contribution in [1.82, 2.24) is 0 Å². The quantitative estimate of drug-likeness (QED) is 0.898. The fourth-order valence-electron chi connectivity index (χ4n) is 2.74. The molecule has 1 aromatic heterocycles. The first-order valence-corrected chi connectivity index (χ1v) is 6.69. The zero-order valence-corrected chi connectivity index (χ0v) is 10.5. The molecule has 0 spiro atoms. The molecular weight excluding hydrogens is 226 g/mol. The van der Waals surface area contributed by atoms with Crippen LogP contribution in [0.25, 0.3) is 11.0 Å². The Hall–Kier alpha value is -1.32. The van der Waals surface area contributed by atoms with E-state index in [9.17, 15) is 0 Å². The van der Waals surface area contributed by atoms with Crippen LogP contribution in [0.5, 0.6) is 0 Å². The molecule has 1 aliphatic carbocycles. The second-order valence-corrected chi connectivity index (χ2v) is 4.92. The van der Waals surface area contributed by atoms with E-state index in [0.29, 0.717) is 19.3 Å². The standard InChI is InChI=1S/C15H19NO2/c16-9-13-12-7-3-4-8-14(12)18-15(13)10-17-11-5-1-2-6-11/h3-4,7-8,11H,1-2,5-6,9-10,16H2. The molecule has 0 unspecified atom stereocenters. The van der Waals surface area contributed by atoms with Crippen LogP contribution < -0.4 is 5.73 Å². The Kier molecular flexibility index (Phi) is 3.35. The average Bonchev–Trinajstić information content (AvgIpc) is 3.03. The maximum Gasteiger partial charge on any atom is 0.135 e. The largest absolute Gasteiger partial charge is 0.458 e. The van der Waals surface area contributed by atoms with Crippen molar-refractivity contribution >= 4 is 11.0 Å². The molecule has 1 aliphatic rings. The second kappa shape index (κ2) is 5.12. The molecule has 0 amide bonds. The summed E-state index contributed by atoms with van der Waals surface area (Å²) in [4.78, 5) is 0. The van der Waals surface area contributed by atoms with Crippen molar-refractivity contribution in [3.8, 4) is 0 Å². The summed E-state index contributed by atoms with van der Waals surface area (Å²) in [5, 5.41) is 1.12. The molecule has 0 radical (unpaired) electrons. The van der Waals surface area contributed by atoms with E-state index in [4.69, 9.17) is 14.9 Å². The van der Waals surface area contributed by atoms with Gasteiger partial charge in [-0.25, -0.2) is 0 Å². The summed E-state index contributed by atoms with van der Waals surface area (Å²) in [6, 6.07) is 8.03. The number of ether oxygens (including phenoxy) is 1. The van der Waals surface area contributed by atoms with Gasteiger partial charge in [0.15, 0.2) is 0 Å². The van der Waals surface area contributed by atoms with Crippen LogP contribution in [-0.2, 0) is 17.9 Å². The van der Waals surface area contributed by atoms with E-state index >= 15 is 0 Å². The highest BCUT2D eigenvalue weighted by atomic mass is 16.5. The highest BCUT2D eigenvalue weighted by Crippen LogP contribution is 2.28. The predicted molar refractivity (Wildman–Crippen MR) is 71.2 cm³/mol. The molecule has 0 atom stereocenters. The van der Waals surface area contributed by atoms with Crippen LogP contribution in [0.2, 0.25) is 0 Å². The van der Waals surface area contributed by atoms with Crippen LogP contribution in [0.3, 0.4) is 0 Å². The molecule has 1 saturated carbocycles. The summed E-state index contributed by atoms with van der Waals surface area (Å²) in [7, 11) is 0. The van der Waals surface area contributed by atoms with Gasteiger partial charge in [-0.2, -0.15) is 0 Å². The normalized spacial score (nSPS) is 16.7. The first-order valence-electron chi connectivity index (χ1n) is 6.69. The molecule has 3 heteroatoms. The Bertz CT molecular complexity index is 526. The lowest BCUT2D eigenvalue weighted by atomic mass is 10.1. The van der Waals surface area contributed by atoms with Gasteiger partial charge in [-0.1, -0.05) is 31.0 Å². The molecule has 0 bridgehead atoms. The minimum atomic E-state index is 0.406. The van der Waals surface area contributed by atoms with Gasteiger partial charge in [0.2, 0.25) is 0 Å². The van der Waals surface area contributed by atoms with Gasteiger partial charge in [-0.3, -0.25) is 0 Å². The lowest BCUT2D eigenvalue weighted by molar-refractivity contribution is 0.0360. The molecule has 1 fully saturated rings. The van der Waals surface area contributed by atoms with E-state index in [1.54, 1.807) is 0 Å². The molecule has 2 aromatic rings. The van der Waals surface area contributed by atoms with E-state index in [1.165, 1.54) is 25.7 Å². The number of hydrogen-bond acceptors (Lipinski definition) is 3. The number of para-hydroxylation sites is 1. The Morgan fingerprint density at radius 3 is 2.78 bits per heavy atom. The minimum Gasteiger partial charge on any atom is -0.458 e. The molecule has 3 nitrogen and oxygen atoms in total. The van der Waals surface area contributed by atoms with Gasteiger partial charge in [0, 0.05) is 17.5 Å². The van der Waals surface area contributed by atoms with E-state index in [-0.39, 0.29) is 0 Å². The highest BCUT2D eigenvalue weighted by molar-refractivity contribution is 5.82. The fraction of sp³-hybridized carbons (Fsp3) is 0.467. The van der Waals surface area contributed by atoms with Gasteiger partial charge in [-0.05, 0) is 18.9 Å². The lowest BCUT2D eigenvalue weighted by Gasteiger charge is -2.10. The third kappa shape index (κ3) is 2.16. The van der Waals surface area contributed by atoms with Crippen LogP contribution in [0, 0.1) is 0 Å². The fourth-order valence-corrected chi connectivity index (χ4v) is 2.74. The smallest absolute Gasteiger partial charge is 0.135 e. The van der Waals surface area contributed by atoms with Gasteiger partial charge in [-0.15, -0.1) is 0 Å². The molecule has 18 heavy (non-hydrogen) atoms. The third-order valence-corrected chi connectivity index (χ3v) is 3.74. The Morgan fingerprint density at radius 2 is 2.00 bits per heavy atom. The topological polar surface area (TPSA) is 48.4 Å². The van der Waals surface area contributed by atoms with Crippen LogP contribution in [0.15, 0.2) is 28.7 Å². The summed E-state index contributed by atoms with van der Waals surface area (Å²) < 4.78 is 11.8. The van der Waals surface area contributed by atoms with Gasteiger partial charge in [0.25, 0.3) is 0 Å². The SMILES string of the molecule is NCc1c(COC2CCCC2)oc2ccccc12. The van der Waals surface area contributed by atoms with Gasteiger partial charge >= 0.3 is 0 Å². The summed E-state index contributed by atoms with van der Waals surface area (Å²) in [5.41, 5.74) is 7.82. The van der Waals surface area contributed by atoms with Crippen LogP contribution in [0.1, 0.15) is 37.0 Å². The van der Waals surface area contributed by atoms with E-state index in [2.05, 4.69) is 6.07 Å². The molecule has 0 saturated heterocycles. The molecule has 1 aromatic carbocycles. The first-order chi connectivity index (χ1) is 8.88. The summed E-state index contributed by atoms with van der Waals surface area (Å²) >= 11 is 0. The Labute approximate surface area is 107 Å². The minimum absolute atomic E-state index is 0.406. The zero-order valence-electron chi connectivity index (χ0n) is 10.5. The van der Waals surface area contributed by atoms with E-state index < -0.39 is 0 Å². The maximum absolute atomic E-state index is 5.91. The average molecular weight is 245 g/mol. The molecule has 3 rings (SSSR count). The number of furan rings is 1. The Morgan fingerprint density at radius 1 is 1.22 bits per heavy atom. The number of rotatable bonds is 4. The van der Waals surface area contributed by atoms with Crippen molar-refractivity contribution in [3.63, 3.8) is 0 Å². The Balaban J connectivity index is 1.81. The van der Waals surface area contributed by atoms with Crippen molar-refractivity contribution < 1.29 is 9.15 Å². The molecular formula is C15H19NO2. The zero-order chi connectivity index (χ0) is 12.4. The lowest BCUT2D eigenvalue weighted by Crippen LogP contribution is -2.08. The van der Waals surface area contributed by atoms with Crippen molar-refractivity contribution in [2.75, 3.05) is 0 Å². The number of hydrogen-bond donors (Lipinski definition) is 1. The van der Waals surface area contributed by atoms with Crippen molar-refractivity contribution in [3.05, 3.63) is 35.6 Å². The number of nitrogens with two attached hydrogens (primary N) is 1. The molecule has 96 valence electrons. The maximum atomic E-state index is 5.91. The first kappa shape index (κ1) is 11.8. The summed E-state index contributed by atoms with van der Waals surface area (Å²) in [6.07, 6.45) is 5.34. The number of fused-ring (bicyclic) bond motifs is 1. The van der Waals surface area contributed by atoms with Crippen LogP contribution in [0.4, 0.5) is 0 Å². The monoisotopic (exact) mass is 245 g/mol. The van der Waals surface area contributed by atoms with Crippen molar-refractivity contribution in [2.24, 2.45) is 5.73 Å². The molecule has 0 aliphatic heterocycles. The highest BCUT2D eigenvalue weighted by Gasteiger charge is 2.18. The van der Waals surface area contributed by atoms with Gasteiger partial charge < -0.3 is 14.9 Å². The van der Waals surface area contributed by atoms with E-state index in [1.807, 2.05) is 18.2 Å². The van der Waals surface area contributed by atoms with Crippen molar-refractivity contribution in [1.29, 1.82) is 0 Å². The van der Waals surface area contributed by atoms with Crippen molar-refractivity contribution in [2.45, 2.75) is 44.9 Å². The summed E-state index contributed by atoms with van der Waals surface area (Å²) in [6.45, 7) is 1.05. The van der Waals surface area contributed by atoms with E-state index in [0.717, 1.165) is 22.3 Å². The van der Waals surface area contributed by atoms with Gasteiger partial charge in [0.1, 0.15) is 18.0 Å². The third-order valence-electron chi connectivity index (χ3n) is 3.74. The predicted octanol–water partition coefficient (Wildman–Crippen LogP) is 3.35. The molecule has 1 heterocycles. The second-order valence-electron chi connectivity index (χ2n) is 4.92. The van der Waals surface area contributed by atoms with Crippen LogP contribution >= 0.6 is 0 Å².